The molecule has 4 amide bonds. The number of carbonyl (C=O) groups excluding carboxylic acids is 4. The van der Waals surface area contributed by atoms with Crippen molar-refractivity contribution in [3.63, 3.8) is 0 Å². The molecular weight excluding hydrogens is 482 g/mol. The predicted octanol–water partition coefficient (Wildman–Crippen LogP) is -1.64. The zero-order valence-corrected chi connectivity index (χ0v) is 20.1. The Labute approximate surface area is 213 Å². The summed E-state index contributed by atoms with van der Waals surface area (Å²) in [5.74, 6) is -4.13. The highest BCUT2D eigenvalue weighted by atomic mass is 16.4. The second kappa shape index (κ2) is 13.2. The number of primary amides is 1. The highest BCUT2D eigenvalue weighted by Gasteiger charge is 2.32. The van der Waals surface area contributed by atoms with E-state index in [4.69, 9.17) is 5.73 Å². The molecule has 1 aliphatic rings. The summed E-state index contributed by atoms with van der Waals surface area (Å²) in [7, 11) is 0. The molecule has 4 unspecified atom stereocenters. The first-order chi connectivity index (χ1) is 17.7. The Morgan fingerprint density at radius 1 is 1.00 bits per heavy atom. The van der Waals surface area contributed by atoms with E-state index in [2.05, 4.69) is 31.2 Å². The van der Waals surface area contributed by atoms with Gasteiger partial charge in [-0.3, -0.25) is 19.2 Å². The van der Waals surface area contributed by atoms with Crippen LogP contribution in [0.15, 0.2) is 42.9 Å². The molecule has 37 heavy (non-hydrogen) atoms. The van der Waals surface area contributed by atoms with E-state index in [1.165, 1.54) is 12.5 Å². The lowest BCUT2D eigenvalue weighted by molar-refractivity contribution is -0.143. The molecule has 2 aromatic rings. The summed E-state index contributed by atoms with van der Waals surface area (Å²) in [6.07, 6.45) is 3.96. The average Bonchev–Trinajstić information content (AvgIpc) is 3.57. The van der Waals surface area contributed by atoms with Gasteiger partial charge >= 0.3 is 5.97 Å². The number of nitrogens with two attached hydrogens (primary N) is 1. The van der Waals surface area contributed by atoms with E-state index in [-0.39, 0.29) is 18.7 Å². The number of nitrogens with zero attached hydrogens (tertiary/aromatic N) is 1. The van der Waals surface area contributed by atoms with Crippen LogP contribution in [0.2, 0.25) is 0 Å². The minimum Gasteiger partial charge on any atom is -0.480 e. The Bertz CT molecular complexity index is 1090. The van der Waals surface area contributed by atoms with Crippen molar-refractivity contribution >= 4 is 29.6 Å². The number of carboxylic acid groups (broad SMARTS) is 1. The third-order valence-electron chi connectivity index (χ3n) is 5.92. The molecule has 8 N–H and O–H groups in total. The monoisotopic (exact) mass is 513 g/mol. The molecule has 13 nitrogen and oxygen atoms in total. The third-order valence-corrected chi connectivity index (χ3v) is 5.92. The molecule has 0 aliphatic carbocycles. The van der Waals surface area contributed by atoms with Crippen LogP contribution in [0.5, 0.6) is 0 Å². The van der Waals surface area contributed by atoms with Crippen LogP contribution in [-0.4, -0.2) is 75.4 Å². The number of amides is 4. The molecule has 1 fully saturated rings. The summed E-state index contributed by atoms with van der Waals surface area (Å²) in [6.45, 7) is 0.699. The number of imidazole rings is 1. The van der Waals surface area contributed by atoms with Gasteiger partial charge in [0.05, 0.1) is 18.8 Å². The maximum absolute atomic E-state index is 13.4. The fourth-order valence-electron chi connectivity index (χ4n) is 4.01. The van der Waals surface area contributed by atoms with Crippen molar-refractivity contribution in [1.29, 1.82) is 0 Å². The number of aliphatic carboxylic acids is 1. The van der Waals surface area contributed by atoms with Crippen LogP contribution in [0.3, 0.4) is 0 Å². The van der Waals surface area contributed by atoms with Gasteiger partial charge in [-0.2, -0.15) is 0 Å². The van der Waals surface area contributed by atoms with Gasteiger partial charge in [-0.15, -0.1) is 0 Å². The van der Waals surface area contributed by atoms with Gasteiger partial charge in [-0.25, -0.2) is 9.78 Å². The zero-order chi connectivity index (χ0) is 26.8. The molecule has 1 aliphatic heterocycles. The summed E-state index contributed by atoms with van der Waals surface area (Å²) in [5, 5.41) is 20.1. The number of carboxylic acids is 1. The zero-order valence-electron chi connectivity index (χ0n) is 20.1. The summed E-state index contributed by atoms with van der Waals surface area (Å²) in [6, 6.07) is 4.58. The number of benzene rings is 1. The van der Waals surface area contributed by atoms with Crippen molar-refractivity contribution in [2.24, 2.45) is 5.73 Å². The fraction of sp³-hybridized carbons (Fsp3) is 0.417. The third kappa shape index (κ3) is 8.42. The summed E-state index contributed by atoms with van der Waals surface area (Å²) in [4.78, 5) is 68.9. The lowest BCUT2D eigenvalue weighted by Gasteiger charge is -2.25. The number of hydrogen-bond acceptors (Lipinski definition) is 7. The predicted molar refractivity (Wildman–Crippen MR) is 131 cm³/mol. The van der Waals surface area contributed by atoms with Gasteiger partial charge in [0.15, 0.2) is 0 Å². The number of aromatic amines is 1. The standard InChI is InChI=1S/C24H31N7O6/c25-20(32)11-19(24(36)37)31-22(34)17(9-14-5-2-1-3-6-14)29-23(35)18(10-15-12-26-13-28-15)30-21(33)16-7-4-8-27-16/h1-3,5-6,12-13,16-19,27H,4,7-11H2,(H2,25,32)(H,26,28)(H,29,35)(H,30,33)(H,31,34)(H,36,37). The first-order valence-corrected chi connectivity index (χ1v) is 11.9. The molecule has 0 spiro atoms. The minimum atomic E-state index is -1.56. The topological polar surface area (TPSA) is 208 Å². The normalized spacial score (nSPS) is 17.2. The van der Waals surface area contributed by atoms with Crippen LogP contribution in [-0.2, 0) is 36.8 Å². The molecule has 0 radical (unpaired) electrons. The van der Waals surface area contributed by atoms with Crippen LogP contribution in [0.1, 0.15) is 30.5 Å². The van der Waals surface area contributed by atoms with E-state index in [9.17, 15) is 29.1 Å². The van der Waals surface area contributed by atoms with Gasteiger partial charge in [0, 0.05) is 24.7 Å². The van der Waals surface area contributed by atoms with Gasteiger partial charge < -0.3 is 37.1 Å². The van der Waals surface area contributed by atoms with Crippen LogP contribution in [0.4, 0.5) is 0 Å². The van der Waals surface area contributed by atoms with Crippen molar-refractivity contribution in [3.05, 3.63) is 54.1 Å². The number of aromatic nitrogens is 2. The largest absolute Gasteiger partial charge is 0.480 e. The van der Waals surface area contributed by atoms with E-state index in [0.29, 0.717) is 24.2 Å². The second-order valence-electron chi connectivity index (χ2n) is 8.81. The van der Waals surface area contributed by atoms with Gasteiger partial charge in [0.2, 0.25) is 23.6 Å². The van der Waals surface area contributed by atoms with Crippen LogP contribution in [0, 0.1) is 0 Å². The Morgan fingerprint density at radius 2 is 1.68 bits per heavy atom. The lowest BCUT2D eigenvalue weighted by Crippen LogP contribution is -2.58. The molecule has 0 saturated carbocycles. The fourth-order valence-corrected chi connectivity index (χ4v) is 4.01. The number of H-pyrrole nitrogens is 1. The first-order valence-electron chi connectivity index (χ1n) is 11.9. The highest BCUT2D eigenvalue weighted by molar-refractivity contribution is 5.95. The van der Waals surface area contributed by atoms with Crippen LogP contribution in [0.25, 0.3) is 0 Å². The van der Waals surface area contributed by atoms with Crippen molar-refractivity contribution < 1.29 is 29.1 Å². The van der Waals surface area contributed by atoms with Gasteiger partial charge in [0.1, 0.15) is 18.1 Å². The number of carbonyl (C=O) groups is 5. The van der Waals surface area contributed by atoms with Gasteiger partial charge in [0.25, 0.3) is 0 Å². The summed E-state index contributed by atoms with van der Waals surface area (Å²) in [5.41, 5.74) is 6.41. The molecule has 1 saturated heterocycles. The molecule has 13 heteroatoms. The Kier molecular flexibility index (Phi) is 9.72. The molecular formula is C24H31N7O6. The smallest absolute Gasteiger partial charge is 0.326 e. The Balaban J connectivity index is 1.79. The summed E-state index contributed by atoms with van der Waals surface area (Å²) >= 11 is 0. The van der Waals surface area contributed by atoms with Gasteiger partial charge in [-0.1, -0.05) is 30.3 Å². The number of nitrogens with one attached hydrogen (secondary N) is 5. The number of hydrogen-bond donors (Lipinski definition) is 7. The Morgan fingerprint density at radius 3 is 2.24 bits per heavy atom. The first kappa shape index (κ1) is 27.3. The van der Waals surface area contributed by atoms with Crippen molar-refractivity contribution in [2.45, 2.75) is 56.3 Å². The van der Waals surface area contributed by atoms with E-state index < -0.39 is 54.3 Å². The minimum absolute atomic E-state index is 0.0379. The van der Waals surface area contributed by atoms with Crippen LogP contribution >= 0.6 is 0 Å². The van der Waals surface area contributed by atoms with E-state index in [0.717, 1.165) is 6.42 Å². The van der Waals surface area contributed by atoms with Crippen molar-refractivity contribution in [3.8, 4) is 0 Å². The maximum Gasteiger partial charge on any atom is 0.326 e. The van der Waals surface area contributed by atoms with Gasteiger partial charge in [-0.05, 0) is 24.9 Å². The van der Waals surface area contributed by atoms with Crippen molar-refractivity contribution in [1.82, 2.24) is 31.2 Å². The second-order valence-corrected chi connectivity index (χ2v) is 8.81. The average molecular weight is 514 g/mol. The molecule has 1 aromatic carbocycles. The van der Waals surface area contributed by atoms with E-state index >= 15 is 0 Å². The molecule has 3 rings (SSSR count). The van der Waals surface area contributed by atoms with E-state index in [1.807, 2.05) is 0 Å². The molecule has 1 aromatic heterocycles. The molecule has 198 valence electrons. The SMILES string of the molecule is NC(=O)CC(NC(=O)C(Cc1ccccc1)NC(=O)C(Cc1cnc[nH]1)NC(=O)C1CCCN1)C(=O)O. The lowest BCUT2D eigenvalue weighted by atomic mass is 10.0. The molecule has 2 heterocycles. The number of rotatable bonds is 13. The van der Waals surface area contributed by atoms with Crippen molar-refractivity contribution in [2.75, 3.05) is 6.54 Å². The van der Waals surface area contributed by atoms with E-state index in [1.54, 1.807) is 30.3 Å². The molecule has 0 bridgehead atoms. The molecule has 4 atom stereocenters. The Hall–Kier alpha value is -4.26. The quantitative estimate of drug-likeness (QED) is 0.165. The summed E-state index contributed by atoms with van der Waals surface area (Å²) < 4.78 is 0. The highest BCUT2D eigenvalue weighted by Crippen LogP contribution is 2.09. The van der Waals surface area contributed by atoms with Crippen LogP contribution < -0.4 is 27.0 Å². The maximum atomic E-state index is 13.4.